The smallest absolute Gasteiger partial charge is 0.268 e. The summed E-state index contributed by atoms with van der Waals surface area (Å²) in [7, 11) is 0. The zero-order chi connectivity index (χ0) is 15.9. The number of hydrogen-bond acceptors (Lipinski definition) is 6. The summed E-state index contributed by atoms with van der Waals surface area (Å²) in [5.74, 6) is 0.903. The van der Waals surface area contributed by atoms with Gasteiger partial charge in [-0.15, -0.1) is 0 Å². The first-order chi connectivity index (χ1) is 10.6. The molecule has 6 nitrogen and oxygen atoms in total. The van der Waals surface area contributed by atoms with Gasteiger partial charge in [-0.25, -0.2) is 4.68 Å². The first-order valence-electron chi connectivity index (χ1n) is 7.85. The van der Waals surface area contributed by atoms with Crippen LogP contribution in [0, 0.1) is 0 Å². The van der Waals surface area contributed by atoms with E-state index in [2.05, 4.69) is 23.8 Å². The summed E-state index contributed by atoms with van der Waals surface area (Å²) < 4.78 is 7.21. The van der Waals surface area contributed by atoms with E-state index in [1.165, 1.54) is 4.68 Å². The highest BCUT2D eigenvalue weighted by Gasteiger charge is 2.20. The molecule has 0 unspecified atom stereocenters. The van der Waals surface area contributed by atoms with Gasteiger partial charge in [-0.1, -0.05) is 13.8 Å². The summed E-state index contributed by atoms with van der Waals surface area (Å²) in [6.07, 6.45) is 2.77. The summed E-state index contributed by atoms with van der Waals surface area (Å²) in [4.78, 5) is 14.3. The lowest BCUT2D eigenvalue weighted by Crippen LogP contribution is -2.44. The summed E-state index contributed by atoms with van der Waals surface area (Å²) in [6.45, 7) is 7.80. The highest BCUT2D eigenvalue weighted by molar-refractivity contribution is 7.99. The van der Waals surface area contributed by atoms with Crippen molar-refractivity contribution in [1.82, 2.24) is 9.78 Å². The Balaban J connectivity index is 1.97. The molecule has 2 rings (SSSR count). The first-order valence-corrected chi connectivity index (χ1v) is 8.90. The standard InChI is InChI=1S/C15H26N4O2S/c1-12(2)22-8-6-19-15(20)9-13(10-17-19)18-5-7-21-14(11-18)3-4-16/h9-10,12,14H,3-8,11,16H2,1-2H3/t14-/m0/s1. The average Bonchev–Trinajstić information content (AvgIpc) is 2.49. The summed E-state index contributed by atoms with van der Waals surface area (Å²) in [5, 5.41) is 4.88. The van der Waals surface area contributed by atoms with E-state index in [1.54, 1.807) is 12.3 Å². The second kappa shape index (κ2) is 8.55. The summed E-state index contributed by atoms with van der Waals surface area (Å²) in [6, 6.07) is 1.68. The average molecular weight is 326 g/mol. The summed E-state index contributed by atoms with van der Waals surface area (Å²) >= 11 is 1.83. The SMILES string of the molecule is CC(C)SCCn1ncc(N2CCO[C@@H](CCN)C2)cc1=O. The minimum Gasteiger partial charge on any atom is -0.374 e. The minimum atomic E-state index is -0.0382. The van der Waals surface area contributed by atoms with Crippen LogP contribution < -0.4 is 16.2 Å². The van der Waals surface area contributed by atoms with Crippen LogP contribution >= 0.6 is 11.8 Å². The second-order valence-corrected chi connectivity index (χ2v) is 7.40. The highest BCUT2D eigenvalue weighted by Crippen LogP contribution is 2.16. The van der Waals surface area contributed by atoms with Crippen molar-refractivity contribution in [2.45, 2.75) is 38.2 Å². The normalized spacial score (nSPS) is 18.9. The Morgan fingerprint density at radius 1 is 1.55 bits per heavy atom. The van der Waals surface area contributed by atoms with Gasteiger partial charge in [-0.2, -0.15) is 16.9 Å². The number of morpholine rings is 1. The summed E-state index contributed by atoms with van der Waals surface area (Å²) in [5.41, 5.74) is 6.43. The van der Waals surface area contributed by atoms with E-state index in [0.29, 0.717) is 24.9 Å². The molecule has 0 aromatic carbocycles. The molecule has 2 N–H and O–H groups in total. The molecule has 0 amide bonds. The molecule has 1 aliphatic heterocycles. The number of nitrogens with two attached hydrogens (primary N) is 1. The molecule has 22 heavy (non-hydrogen) atoms. The van der Waals surface area contributed by atoms with Crippen LogP contribution in [0.15, 0.2) is 17.1 Å². The molecule has 0 radical (unpaired) electrons. The van der Waals surface area contributed by atoms with Gasteiger partial charge in [0.1, 0.15) is 0 Å². The van der Waals surface area contributed by atoms with Crippen molar-refractivity contribution >= 4 is 17.4 Å². The van der Waals surface area contributed by atoms with E-state index in [9.17, 15) is 4.79 Å². The molecule has 0 bridgehead atoms. The van der Waals surface area contributed by atoms with Crippen LogP contribution in [-0.2, 0) is 11.3 Å². The van der Waals surface area contributed by atoms with Crippen molar-refractivity contribution in [3.63, 3.8) is 0 Å². The van der Waals surface area contributed by atoms with Crippen LogP contribution in [0.5, 0.6) is 0 Å². The largest absolute Gasteiger partial charge is 0.374 e. The van der Waals surface area contributed by atoms with Crippen LogP contribution in [0.3, 0.4) is 0 Å². The third-order valence-corrected chi connectivity index (χ3v) is 4.69. The van der Waals surface area contributed by atoms with E-state index in [-0.39, 0.29) is 11.7 Å². The van der Waals surface area contributed by atoms with Gasteiger partial charge in [-0.3, -0.25) is 4.79 Å². The number of thioether (sulfide) groups is 1. The van der Waals surface area contributed by atoms with Crippen LogP contribution in [0.1, 0.15) is 20.3 Å². The number of aryl methyl sites for hydroxylation is 1. The van der Waals surface area contributed by atoms with Gasteiger partial charge in [0, 0.05) is 24.9 Å². The Labute approximate surface area is 136 Å². The molecule has 0 saturated carbocycles. The molecule has 124 valence electrons. The number of aromatic nitrogens is 2. The molecule has 1 aromatic rings. The Kier molecular flexibility index (Phi) is 6.72. The predicted octanol–water partition coefficient (Wildman–Crippen LogP) is 0.939. The van der Waals surface area contributed by atoms with Gasteiger partial charge in [0.15, 0.2) is 0 Å². The van der Waals surface area contributed by atoms with Crippen molar-refractivity contribution in [2.24, 2.45) is 5.73 Å². The minimum absolute atomic E-state index is 0.0382. The molecule has 1 aromatic heterocycles. The van der Waals surface area contributed by atoms with E-state index in [4.69, 9.17) is 10.5 Å². The third-order valence-electron chi connectivity index (χ3n) is 3.60. The maximum atomic E-state index is 12.2. The van der Waals surface area contributed by atoms with Gasteiger partial charge >= 0.3 is 0 Å². The topological polar surface area (TPSA) is 73.4 Å². The highest BCUT2D eigenvalue weighted by atomic mass is 32.2. The van der Waals surface area contributed by atoms with Crippen LogP contribution in [0.4, 0.5) is 5.69 Å². The monoisotopic (exact) mass is 326 g/mol. The lowest BCUT2D eigenvalue weighted by Gasteiger charge is -2.34. The second-order valence-electron chi connectivity index (χ2n) is 5.71. The first kappa shape index (κ1) is 17.3. The number of nitrogens with zero attached hydrogens (tertiary/aromatic N) is 3. The van der Waals surface area contributed by atoms with Crippen molar-refractivity contribution in [3.8, 4) is 0 Å². The predicted molar refractivity (Wildman–Crippen MR) is 91.7 cm³/mol. The van der Waals surface area contributed by atoms with Gasteiger partial charge in [0.05, 0.1) is 31.1 Å². The Morgan fingerprint density at radius 2 is 2.36 bits per heavy atom. The van der Waals surface area contributed by atoms with Gasteiger partial charge < -0.3 is 15.4 Å². The molecule has 1 saturated heterocycles. The fourth-order valence-corrected chi connectivity index (χ4v) is 3.20. The molecular formula is C15H26N4O2S. The Bertz CT molecular complexity index is 519. The number of ether oxygens (including phenoxy) is 1. The molecule has 1 aliphatic rings. The fraction of sp³-hybridized carbons (Fsp3) is 0.733. The van der Waals surface area contributed by atoms with Crippen LogP contribution in [0.25, 0.3) is 0 Å². The Morgan fingerprint density at radius 3 is 3.05 bits per heavy atom. The molecular weight excluding hydrogens is 300 g/mol. The van der Waals surface area contributed by atoms with E-state index in [0.717, 1.165) is 31.0 Å². The van der Waals surface area contributed by atoms with Crippen molar-refractivity contribution in [2.75, 3.05) is 36.9 Å². The zero-order valence-electron chi connectivity index (χ0n) is 13.4. The third kappa shape index (κ3) is 5.00. The quantitative estimate of drug-likeness (QED) is 0.804. The zero-order valence-corrected chi connectivity index (χ0v) is 14.2. The van der Waals surface area contributed by atoms with Gasteiger partial charge in [-0.05, 0) is 18.2 Å². The number of rotatable bonds is 7. The van der Waals surface area contributed by atoms with Crippen LogP contribution in [0.2, 0.25) is 0 Å². The van der Waals surface area contributed by atoms with E-state index >= 15 is 0 Å². The number of anilines is 1. The number of hydrogen-bond donors (Lipinski definition) is 1. The molecule has 1 atom stereocenters. The van der Waals surface area contributed by atoms with E-state index < -0.39 is 0 Å². The van der Waals surface area contributed by atoms with E-state index in [1.807, 2.05) is 11.8 Å². The molecule has 1 fully saturated rings. The van der Waals surface area contributed by atoms with Crippen molar-refractivity contribution in [3.05, 3.63) is 22.6 Å². The Hall–Kier alpha value is -1.05. The molecule has 7 heteroatoms. The molecule has 2 heterocycles. The van der Waals surface area contributed by atoms with Gasteiger partial charge in [0.25, 0.3) is 5.56 Å². The maximum absolute atomic E-state index is 12.2. The molecule has 0 spiro atoms. The van der Waals surface area contributed by atoms with Gasteiger partial charge in [0.2, 0.25) is 0 Å². The fourth-order valence-electron chi connectivity index (χ4n) is 2.45. The van der Waals surface area contributed by atoms with Crippen molar-refractivity contribution in [1.29, 1.82) is 0 Å². The van der Waals surface area contributed by atoms with Crippen molar-refractivity contribution < 1.29 is 4.74 Å². The lowest BCUT2D eigenvalue weighted by molar-refractivity contribution is 0.0368. The maximum Gasteiger partial charge on any atom is 0.268 e. The van der Waals surface area contributed by atoms with Crippen LogP contribution in [-0.4, -0.2) is 53.1 Å². The molecule has 0 aliphatic carbocycles. The lowest BCUT2D eigenvalue weighted by atomic mass is 10.2.